The number of amides is 5. The van der Waals surface area contributed by atoms with E-state index in [1.807, 2.05) is 11.8 Å². The van der Waals surface area contributed by atoms with Gasteiger partial charge >= 0.3 is 12.2 Å². The fraction of sp³-hybridized carbons (Fsp3) is 0.621. The first-order chi connectivity index (χ1) is 20.8. The van der Waals surface area contributed by atoms with Crippen molar-refractivity contribution in [3.05, 3.63) is 35.1 Å². The molecule has 2 saturated heterocycles. The first kappa shape index (κ1) is 35.1. The maximum atomic E-state index is 13.6. The summed E-state index contributed by atoms with van der Waals surface area (Å²) in [4.78, 5) is 60.7. The predicted molar refractivity (Wildman–Crippen MR) is 156 cm³/mol. The van der Waals surface area contributed by atoms with Gasteiger partial charge in [-0.05, 0) is 56.2 Å². The van der Waals surface area contributed by atoms with Gasteiger partial charge in [0, 0.05) is 29.5 Å². The van der Waals surface area contributed by atoms with Gasteiger partial charge in [0.15, 0.2) is 0 Å². The van der Waals surface area contributed by atoms with Crippen LogP contribution in [0.2, 0.25) is 0 Å². The Kier molecular flexibility index (Phi) is 12.8. The minimum absolute atomic E-state index is 0.0722. The smallest absolute Gasteiger partial charge is 0.356 e. The lowest BCUT2D eigenvalue weighted by atomic mass is 10.0. The van der Waals surface area contributed by atoms with Crippen molar-refractivity contribution in [2.75, 3.05) is 12.3 Å². The number of hydrogen-bond donors (Lipinski definition) is 5. The summed E-state index contributed by atoms with van der Waals surface area (Å²) in [6.07, 6.45) is -0.153. The molecule has 2 aliphatic heterocycles. The number of halogens is 4. The lowest BCUT2D eigenvalue weighted by molar-refractivity contribution is -0.140. The zero-order chi connectivity index (χ0) is 32.4. The molecule has 5 atom stereocenters. The Morgan fingerprint density at radius 3 is 2.52 bits per heavy atom. The Labute approximate surface area is 257 Å². The van der Waals surface area contributed by atoms with E-state index in [4.69, 9.17) is 0 Å². The molecule has 0 aromatic heterocycles. The van der Waals surface area contributed by atoms with E-state index in [2.05, 4.69) is 26.6 Å². The SMILES string of the molecule is CC(C)[C@H](NC(=O)c1ccc(F)c(C(F)(F)F)c1)C(=O)N[C@H](C=O)CCCCNC(=O)CCCC[C@@H]1SC[C@@H]2NC(=O)N[C@@H]21. The summed E-state index contributed by atoms with van der Waals surface area (Å²) in [6.45, 7) is 3.63. The second-order valence-corrected chi connectivity index (χ2v) is 12.6. The zero-order valence-electron chi connectivity index (χ0n) is 24.6. The zero-order valence-corrected chi connectivity index (χ0v) is 25.4. The molecule has 0 spiro atoms. The number of alkyl halides is 3. The number of thioether (sulfide) groups is 1. The van der Waals surface area contributed by atoms with Gasteiger partial charge in [-0.15, -0.1) is 0 Å². The van der Waals surface area contributed by atoms with Crippen molar-refractivity contribution in [3.63, 3.8) is 0 Å². The Morgan fingerprint density at radius 1 is 1.09 bits per heavy atom. The summed E-state index contributed by atoms with van der Waals surface area (Å²) in [5.41, 5.74) is -2.06. The van der Waals surface area contributed by atoms with E-state index >= 15 is 0 Å². The van der Waals surface area contributed by atoms with Crippen molar-refractivity contribution >= 4 is 41.8 Å². The van der Waals surface area contributed by atoms with Crippen LogP contribution in [0.15, 0.2) is 18.2 Å². The number of fused-ring (bicyclic) bond motifs is 1. The molecule has 0 radical (unpaired) electrons. The Hall–Kier alpha value is -3.36. The molecule has 2 fully saturated rings. The van der Waals surface area contributed by atoms with Crippen molar-refractivity contribution in [2.24, 2.45) is 5.92 Å². The Morgan fingerprint density at radius 2 is 1.84 bits per heavy atom. The van der Waals surface area contributed by atoms with E-state index in [0.717, 1.165) is 31.1 Å². The predicted octanol–water partition coefficient (Wildman–Crippen LogP) is 3.29. The van der Waals surface area contributed by atoms with Gasteiger partial charge < -0.3 is 31.4 Å². The second-order valence-electron chi connectivity index (χ2n) is 11.4. The lowest BCUT2D eigenvalue weighted by Gasteiger charge is -2.24. The molecule has 5 amide bonds. The molecule has 2 aliphatic rings. The highest BCUT2D eigenvalue weighted by molar-refractivity contribution is 8.00. The van der Waals surface area contributed by atoms with E-state index < -0.39 is 52.9 Å². The summed E-state index contributed by atoms with van der Waals surface area (Å²) in [6, 6.07) is -0.0170. The van der Waals surface area contributed by atoms with Crippen LogP contribution in [0.3, 0.4) is 0 Å². The van der Waals surface area contributed by atoms with Gasteiger partial charge in [-0.3, -0.25) is 14.4 Å². The van der Waals surface area contributed by atoms with Crippen molar-refractivity contribution in [1.82, 2.24) is 26.6 Å². The van der Waals surface area contributed by atoms with Gasteiger partial charge in [-0.25, -0.2) is 9.18 Å². The van der Waals surface area contributed by atoms with E-state index in [0.29, 0.717) is 49.5 Å². The van der Waals surface area contributed by atoms with Gasteiger partial charge in [0.05, 0.1) is 23.7 Å². The fourth-order valence-corrected chi connectivity index (χ4v) is 6.71. The van der Waals surface area contributed by atoms with Crippen LogP contribution in [0, 0.1) is 11.7 Å². The molecule has 15 heteroatoms. The molecule has 1 aromatic rings. The highest BCUT2D eigenvalue weighted by atomic mass is 32.2. The van der Waals surface area contributed by atoms with Crippen LogP contribution in [0.4, 0.5) is 22.4 Å². The average molecular weight is 646 g/mol. The van der Waals surface area contributed by atoms with Gasteiger partial charge in [0.2, 0.25) is 11.8 Å². The van der Waals surface area contributed by atoms with E-state index in [-0.39, 0.29) is 30.4 Å². The summed E-state index contributed by atoms with van der Waals surface area (Å²) in [5.74, 6) is -2.85. The van der Waals surface area contributed by atoms with E-state index in [1.54, 1.807) is 13.8 Å². The maximum absolute atomic E-state index is 13.6. The standard InChI is InChI=1S/C29H39F4N5O5S/c1-16(2)24(37-26(41)17-10-11-20(30)19(13-17)29(31,32)33)27(42)35-18(14-39)7-5-6-12-34-23(40)9-4-3-8-22-25-21(15-44-22)36-28(43)38-25/h10-11,13-14,16,18,21-22,24-25H,3-9,12,15H2,1-2H3,(H,34,40)(H,35,42)(H,37,41)(H2,36,38,43)/t18-,21-,22-,24-,25-/m0/s1. The summed E-state index contributed by atoms with van der Waals surface area (Å²) in [5, 5.41) is 14.0. The number of rotatable bonds is 16. The van der Waals surface area contributed by atoms with Crippen LogP contribution in [-0.2, 0) is 20.6 Å². The normalized spacial score (nSPS) is 20.7. The molecule has 0 unspecified atom stereocenters. The number of carbonyl (C=O) groups excluding carboxylic acids is 5. The van der Waals surface area contributed by atoms with Crippen molar-refractivity contribution in [1.29, 1.82) is 0 Å². The molecule has 2 heterocycles. The minimum atomic E-state index is -5.00. The molecule has 0 aliphatic carbocycles. The Bertz CT molecular complexity index is 1200. The minimum Gasteiger partial charge on any atom is -0.356 e. The highest BCUT2D eigenvalue weighted by Crippen LogP contribution is 2.33. The lowest BCUT2D eigenvalue weighted by Crippen LogP contribution is -2.52. The quantitative estimate of drug-likeness (QED) is 0.0808. The monoisotopic (exact) mass is 645 g/mol. The van der Waals surface area contributed by atoms with Crippen molar-refractivity contribution in [3.8, 4) is 0 Å². The molecule has 3 rings (SSSR count). The Balaban J connectivity index is 1.34. The topological polar surface area (TPSA) is 146 Å². The number of unbranched alkanes of at least 4 members (excludes halogenated alkanes) is 2. The maximum Gasteiger partial charge on any atom is 0.419 e. The van der Waals surface area contributed by atoms with Gasteiger partial charge in [-0.2, -0.15) is 24.9 Å². The number of nitrogens with one attached hydrogen (secondary N) is 5. The average Bonchev–Trinajstić information content (AvgIpc) is 3.51. The molecule has 10 nitrogen and oxygen atoms in total. The molecule has 44 heavy (non-hydrogen) atoms. The fourth-order valence-electron chi connectivity index (χ4n) is 5.17. The summed E-state index contributed by atoms with van der Waals surface area (Å²) < 4.78 is 52.7. The largest absolute Gasteiger partial charge is 0.419 e. The molecular formula is C29H39F4N5O5S. The third-order valence-corrected chi connectivity index (χ3v) is 9.11. The first-order valence-electron chi connectivity index (χ1n) is 14.7. The number of aldehydes is 1. The summed E-state index contributed by atoms with van der Waals surface area (Å²) in [7, 11) is 0. The van der Waals surface area contributed by atoms with Crippen LogP contribution in [0.5, 0.6) is 0 Å². The van der Waals surface area contributed by atoms with Crippen molar-refractivity contribution in [2.45, 2.75) is 94.4 Å². The molecule has 244 valence electrons. The molecular weight excluding hydrogens is 606 g/mol. The molecule has 5 N–H and O–H groups in total. The number of carbonyl (C=O) groups is 5. The van der Waals surface area contributed by atoms with Crippen LogP contribution < -0.4 is 26.6 Å². The van der Waals surface area contributed by atoms with Crippen LogP contribution >= 0.6 is 11.8 Å². The van der Waals surface area contributed by atoms with Gasteiger partial charge in [-0.1, -0.05) is 20.3 Å². The van der Waals surface area contributed by atoms with Crippen LogP contribution in [-0.4, -0.2) is 71.8 Å². The van der Waals surface area contributed by atoms with Gasteiger partial charge in [0.25, 0.3) is 5.91 Å². The van der Waals surface area contributed by atoms with Crippen LogP contribution in [0.25, 0.3) is 0 Å². The third kappa shape index (κ3) is 10.1. The summed E-state index contributed by atoms with van der Waals surface area (Å²) >= 11 is 1.84. The highest BCUT2D eigenvalue weighted by Gasteiger charge is 2.42. The third-order valence-electron chi connectivity index (χ3n) is 7.61. The number of hydrogen-bond acceptors (Lipinski definition) is 6. The van der Waals surface area contributed by atoms with Gasteiger partial charge in [0.1, 0.15) is 18.1 Å². The number of benzene rings is 1. The van der Waals surface area contributed by atoms with Crippen molar-refractivity contribution < 1.29 is 41.5 Å². The molecule has 1 aromatic carbocycles. The van der Waals surface area contributed by atoms with E-state index in [9.17, 15) is 41.5 Å². The number of urea groups is 1. The second kappa shape index (κ2) is 16.1. The van der Waals surface area contributed by atoms with E-state index in [1.165, 1.54) is 0 Å². The molecule has 0 bridgehead atoms. The first-order valence-corrected chi connectivity index (χ1v) is 15.7. The molecule has 0 saturated carbocycles. The van der Waals surface area contributed by atoms with Crippen LogP contribution in [0.1, 0.15) is 74.7 Å².